The highest BCUT2D eigenvalue weighted by molar-refractivity contribution is 6.55. The summed E-state index contributed by atoms with van der Waals surface area (Å²) in [6.07, 6.45) is -0.932. The fourth-order valence-corrected chi connectivity index (χ4v) is 2.25. The monoisotopic (exact) mass is 350 g/mol. The predicted octanol–water partition coefficient (Wildman–Crippen LogP) is 3.71. The van der Waals surface area contributed by atoms with Crippen molar-refractivity contribution in [2.24, 2.45) is 5.84 Å². The minimum atomic E-state index is -0.932. The van der Waals surface area contributed by atoms with E-state index in [1.807, 2.05) is 5.43 Å². The summed E-state index contributed by atoms with van der Waals surface area (Å²) in [4.78, 5) is 11.2. The Balaban J connectivity index is 3.22. The Morgan fingerprint density at radius 1 is 1.06 bits per heavy atom. The van der Waals surface area contributed by atoms with Crippen LogP contribution in [0.1, 0.15) is 6.92 Å². The Morgan fingerprint density at radius 2 is 1.44 bits per heavy atom. The van der Waals surface area contributed by atoms with Gasteiger partial charge in [0.05, 0.1) is 15.1 Å². The van der Waals surface area contributed by atoms with Crippen LogP contribution in [0.4, 0.5) is 0 Å². The number of hydrogen-bond acceptors (Lipinski definition) is 3. The smallest absolute Gasteiger partial charge is 0.274 e. The number of amides is 1. The van der Waals surface area contributed by atoms with E-state index in [0.29, 0.717) is 0 Å². The van der Waals surface area contributed by atoms with E-state index in [-0.39, 0.29) is 30.9 Å². The summed E-state index contributed by atoms with van der Waals surface area (Å²) in [5, 5.41) is -0.0803. The van der Waals surface area contributed by atoms with Crippen molar-refractivity contribution >= 4 is 63.9 Å². The number of carbonyl (C=O) groups is 1. The fourth-order valence-electron chi connectivity index (χ4n) is 1.04. The molecule has 0 saturated heterocycles. The number of nitrogens with two attached hydrogens (primary N) is 1. The summed E-state index contributed by atoms with van der Waals surface area (Å²) >= 11 is 29.3. The second-order valence-electron chi connectivity index (χ2n) is 3.17. The molecule has 18 heavy (non-hydrogen) atoms. The van der Waals surface area contributed by atoms with Gasteiger partial charge in [0.2, 0.25) is 0 Å². The Bertz CT molecular complexity index is 465. The van der Waals surface area contributed by atoms with Crippen molar-refractivity contribution in [2.45, 2.75) is 13.0 Å². The summed E-state index contributed by atoms with van der Waals surface area (Å²) in [7, 11) is 0. The van der Waals surface area contributed by atoms with Gasteiger partial charge in [-0.2, -0.15) is 0 Å². The third-order valence-corrected chi connectivity index (χ3v) is 4.22. The zero-order valence-corrected chi connectivity index (χ0v) is 12.6. The molecular formula is C9H7Cl5N2O2. The Hall–Kier alpha value is -0.100. The number of hydrazine groups is 1. The number of carbonyl (C=O) groups excluding carboxylic acids is 1. The van der Waals surface area contributed by atoms with Crippen molar-refractivity contribution in [3.05, 3.63) is 25.1 Å². The van der Waals surface area contributed by atoms with Gasteiger partial charge in [-0.15, -0.1) is 0 Å². The largest absolute Gasteiger partial charge is 0.478 e. The number of hydrogen-bond donors (Lipinski definition) is 2. The molecule has 0 aliphatic carbocycles. The van der Waals surface area contributed by atoms with E-state index in [1.54, 1.807) is 0 Å². The zero-order chi connectivity index (χ0) is 14.0. The standard InChI is InChI=1S/C9H7Cl5N2O2/c1-2(9(17)16-15)18-8-6(13)4(11)3(10)5(12)7(8)14/h2H,15H2,1H3,(H,16,17). The molecule has 0 fully saturated rings. The molecule has 0 spiro atoms. The van der Waals surface area contributed by atoms with Crippen LogP contribution in [0.5, 0.6) is 5.75 Å². The summed E-state index contributed by atoms with van der Waals surface area (Å²) in [5.41, 5.74) is 1.92. The van der Waals surface area contributed by atoms with Gasteiger partial charge in [0.15, 0.2) is 11.9 Å². The van der Waals surface area contributed by atoms with Gasteiger partial charge in [0, 0.05) is 0 Å². The maximum atomic E-state index is 11.2. The van der Waals surface area contributed by atoms with E-state index in [0.717, 1.165) is 0 Å². The quantitative estimate of drug-likeness (QED) is 0.287. The maximum Gasteiger partial charge on any atom is 0.274 e. The summed E-state index contributed by atoms with van der Waals surface area (Å²) < 4.78 is 5.26. The normalized spacial score (nSPS) is 12.2. The minimum Gasteiger partial charge on any atom is -0.478 e. The number of ether oxygens (including phenoxy) is 1. The molecule has 0 radical (unpaired) electrons. The van der Waals surface area contributed by atoms with Crippen molar-refractivity contribution in [2.75, 3.05) is 0 Å². The van der Waals surface area contributed by atoms with Crippen LogP contribution in [0, 0.1) is 0 Å². The lowest BCUT2D eigenvalue weighted by molar-refractivity contribution is -0.127. The molecule has 1 amide bonds. The molecule has 100 valence electrons. The van der Waals surface area contributed by atoms with E-state index in [4.69, 9.17) is 68.6 Å². The van der Waals surface area contributed by atoms with E-state index in [2.05, 4.69) is 0 Å². The molecule has 0 aliphatic rings. The van der Waals surface area contributed by atoms with Crippen LogP contribution in [0.25, 0.3) is 0 Å². The molecule has 1 unspecified atom stereocenters. The van der Waals surface area contributed by atoms with E-state index in [1.165, 1.54) is 6.92 Å². The first-order valence-electron chi connectivity index (χ1n) is 4.49. The van der Waals surface area contributed by atoms with Crippen LogP contribution in [0.2, 0.25) is 25.1 Å². The first-order valence-corrected chi connectivity index (χ1v) is 6.38. The highest BCUT2D eigenvalue weighted by Crippen LogP contribution is 2.48. The number of rotatable bonds is 3. The summed E-state index contributed by atoms with van der Waals surface area (Å²) in [6.45, 7) is 1.45. The number of nitrogens with one attached hydrogen (secondary N) is 1. The van der Waals surface area contributed by atoms with Crippen LogP contribution in [0.15, 0.2) is 0 Å². The lowest BCUT2D eigenvalue weighted by Gasteiger charge is -2.17. The average Bonchev–Trinajstić information content (AvgIpc) is 2.37. The topological polar surface area (TPSA) is 64.3 Å². The lowest BCUT2D eigenvalue weighted by atomic mass is 10.3. The van der Waals surface area contributed by atoms with E-state index < -0.39 is 12.0 Å². The van der Waals surface area contributed by atoms with Gasteiger partial charge in [-0.25, -0.2) is 5.84 Å². The van der Waals surface area contributed by atoms with Crippen LogP contribution < -0.4 is 16.0 Å². The Morgan fingerprint density at radius 3 is 1.83 bits per heavy atom. The van der Waals surface area contributed by atoms with Gasteiger partial charge in [0.1, 0.15) is 10.0 Å². The maximum absolute atomic E-state index is 11.2. The van der Waals surface area contributed by atoms with Crippen molar-refractivity contribution in [1.82, 2.24) is 5.43 Å². The Kier molecular flexibility index (Phi) is 5.65. The lowest BCUT2D eigenvalue weighted by Crippen LogP contribution is -2.40. The summed E-state index contributed by atoms with van der Waals surface area (Å²) in [5.74, 6) is 4.37. The molecule has 1 rings (SSSR count). The molecule has 0 bridgehead atoms. The first kappa shape index (κ1) is 16.0. The predicted molar refractivity (Wildman–Crippen MR) is 73.9 cm³/mol. The molecule has 3 N–H and O–H groups in total. The third kappa shape index (κ3) is 3.07. The average molecular weight is 352 g/mol. The molecule has 1 aromatic carbocycles. The van der Waals surface area contributed by atoms with Gasteiger partial charge in [-0.3, -0.25) is 10.2 Å². The van der Waals surface area contributed by atoms with Crippen molar-refractivity contribution in [3.8, 4) is 5.75 Å². The summed E-state index contributed by atoms with van der Waals surface area (Å²) in [6, 6.07) is 0. The van der Waals surface area contributed by atoms with Crippen molar-refractivity contribution < 1.29 is 9.53 Å². The molecule has 1 aromatic rings. The number of benzene rings is 1. The molecule has 0 aliphatic heterocycles. The minimum absolute atomic E-state index is 0.0108. The second-order valence-corrected chi connectivity index (χ2v) is 5.06. The second kappa shape index (κ2) is 6.37. The Labute approximate surface area is 128 Å². The van der Waals surface area contributed by atoms with Crippen LogP contribution in [0.3, 0.4) is 0 Å². The van der Waals surface area contributed by atoms with Crippen LogP contribution >= 0.6 is 58.0 Å². The highest BCUT2D eigenvalue weighted by atomic mass is 35.5. The van der Waals surface area contributed by atoms with Gasteiger partial charge < -0.3 is 4.74 Å². The first-order chi connectivity index (χ1) is 8.31. The van der Waals surface area contributed by atoms with Gasteiger partial charge in [0.25, 0.3) is 5.91 Å². The molecule has 9 heteroatoms. The fraction of sp³-hybridized carbons (Fsp3) is 0.222. The SMILES string of the molecule is CC(Oc1c(Cl)c(Cl)c(Cl)c(Cl)c1Cl)C(=O)NN. The van der Waals surface area contributed by atoms with Crippen molar-refractivity contribution in [1.29, 1.82) is 0 Å². The zero-order valence-electron chi connectivity index (χ0n) is 8.86. The molecule has 4 nitrogen and oxygen atoms in total. The van der Waals surface area contributed by atoms with Crippen molar-refractivity contribution in [3.63, 3.8) is 0 Å². The third-order valence-electron chi connectivity index (χ3n) is 1.98. The molecule has 0 saturated carbocycles. The van der Waals surface area contributed by atoms with E-state index in [9.17, 15) is 4.79 Å². The van der Waals surface area contributed by atoms with Gasteiger partial charge in [-0.1, -0.05) is 58.0 Å². The molecular weight excluding hydrogens is 345 g/mol. The highest BCUT2D eigenvalue weighted by Gasteiger charge is 2.23. The van der Waals surface area contributed by atoms with Crippen LogP contribution in [-0.4, -0.2) is 12.0 Å². The van der Waals surface area contributed by atoms with Gasteiger partial charge >= 0.3 is 0 Å². The molecule has 0 heterocycles. The van der Waals surface area contributed by atoms with E-state index >= 15 is 0 Å². The number of halogens is 5. The molecule has 0 aromatic heterocycles. The van der Waals surface area contributed by atoms with Crippen LogP contribution in [-0.2, 0) is 4.79 Å². The van der Waals surface area contributed by atoms with Gasteiger partial charge in [-0.05, 0) is 6.92 Å². The molecule has 1 atom stereocenters.